The molecule has 1 amide bonds. The zero-order chi connectivity index (χ0) is 20.9. The normalized spacial score (nSPS) is 14.3. The van der Waals surface area contributed by atoms with Crippen LogP contribution in [0.5, 0.6) is 0 Å². The van der Waals surface area contributed by atoms with Crippen LogP contribution in [0.3, 0.4) is 0 Å². The number of hydrogen-bond donors (Lipinski definition) is 0. The van der Waals surface area contributed by atoms with Gasteiger partial charge in [-0.1, -0.05) is 66.2 Å². The van der Waals surface area contributed by atoms with E-state index in [-0.39, 0.29) is 5.91 Å². The maximum absolute atomic E-state index is 12.7. The van der Waals surface area contributed by atoms with Gasteiger partial charge in [-0.15, -0.1) is 0 Å². The molecule has 0 saturated carbocycles. The molecule has 0 bridgehead atoms. The number of amides is 1. The van der Waals surface area contributed by atoms with Crippen LogP contribution in [0.1, 0.15) is 21.5 Å². The van der Waals surface area contributed by atoms with Gasteiger partial charge in [-0.3, -0.25) is 9.69 Å². The van der Waals surface area contributed by atoms with E-state index >= 15 is 0 Å². The molecule has 3 aromatic rings. The average Bonchev–Trinajstić information content (AvgIpc) is 2.80. The minimum absolute atomic E-state index is 0.000705. The summed E-state index contributed by atoms with van der Waals surface area (Å²) in [6.07, 6.45) is 0. The Labute approximate surface area is 181 Å². The van der Waals surface area contributed by atoms with E-state index in [0.29, 0.717) is 29.2 Å². The lowest BCUT2D eigenvalue weighted by molar-refractivity contribution is 0.0628. The van der Waals surface area contributed by atoms with Crippen LogP contribution in [-0.2, 0) is 6.54 Å². The summed E-state index contributed by atoms with van der Waals surface area (Å²) in [6.45, 7) is 3.88. The van der Waals surface area contributed by atoms with Crippen molar-refractivity contribution in [3.8, 4) is 17.2 Å². The van der Waals surface area contributed by atoms with Crippen molar-refractivity contribution < 1.29 is 4.79 Å². The molecule has 1 fully saturated rings. The van der Waals surface area contributed by atoms with E-state index in [1.165, 1.54) is 5.56 Å². The van der Waals surface area contributed by atoms with Gasteiger partial charge in [-0.2, -0.15) is 5.26 Å². The first-order chi connectivity index (χ1) is 14.7. The maximum atomic E-state index is 12.7. The molecule has 1 saturated heterocycles. The smallest absolute Gasteiger partial charge is 0.255 e. The summed E-state index contributed by atoms with van der Waals surface area (Å²) in [5.74, 6) is 0.000705. The van der Waals surface area contributed by atoms with Crippen molar-refractivity contribution in [1.82, 2.24) is 9.80 Å². The summed E-state index contributed by atoms with van der Waals surface area (Å²) in [6, 6.07) is 25.5. The topological polar surface area (TPSA) is 47.3 Å². The van der Waals surface area contributed by atoms with E-state index in [1.807, 2.05) is 41.3 Å². The third kappa shape index (κ3) is 4.38. The zero-order valence-electron chi connectivity index (χ0n) is 16.6. The van der Waals surface area contributed by atoms with Crippen LogP contribution in [0, 0.1) is 11.3 Å². The summed E-state index contributed by atoms with van der Waals surface area (Å²) < 4.78 is 0. The molecular formula is C25H22ClN3O. The second-order valence-corrected chi connectivity index (χ2v) is 7.81. The van der Waals surface area contributed by atoms with Crippen molar-refractivity contribution in [3.63, 3.8) is 0 Å². The van der Waals surface area contributed by atoms with E-state index in [2.05, 4.69) is 35.2 Å². The van der Waals surface area contributed by atoms with E-state index in [0.717, 1.165) is 30.8 Å². The lowest BCUT2D eigenvalue weighted by Crippen LogP contribution is -2.48. The molecule has 30 heavy (non-hydrogen) atoms. The number of nitriles is 1. The minimum Gasteiger partial charge on any atom is -0.336 e. The third-order valence-corrected chi connectivity index (χ3v) is 5.81. The van der Waals surface area contributed by atoms with Gasteiger partial charge in [0.1, 0.15) is 0 Å². The highest BCUT2D eigenvalue weighted by Crippen LogP contribution is 2.24. The molecular weight excluding hydrogens is 394 g/mol. The highest BCUT2D eigenvalue weighted by atomic mass is 35.5. The molecule has 0 spiro atoms. The Morgan fingerprint density at radius 2 is 1.57 bits per heavy atom. The summed E-state index contributed by atoms with van der Waals surface area (Å²) in [7, 11) is 0. The van der Waals surface area contributed by atoms with Crippen molar-refractivity contribution in [2.75, 3.05) is 26.2 Å². The first kappa shape index (κ1) is 20.2. The van der Waals surface area contributed by atoms with E-state index in [9.17, 15) is 10.1 Å². The summed E-state index contributed by atoms with van der Waals surface area (Å²) >= 11 is 6.17. The number of carbonyl (C=O) groups excluding carboxylic acids is 1. The Kier molecular flexibility index (Phi) is 6.13. The second-order valence-electron chi connectivity index (χ2n) is 7.40. The number of hydrogen-bond acceptors (Lipinski definition) is 3. The molecule has 150 valence electrons. The van der Waals surface area contributed by atoms with Crippen LogP contribution in [0.25, 0.3) is 11.1 Å². The predicted octanol–water partition coefficient (Wildman–Crippen LogP) is 4.84. The van der Waals surface area contributed by atoms with Gasteiger partial charge in [-0.25, -0.2) is 0 Å². The molecule has 3 aromatic carbocycles. The monoisotopic (exact) mass is 415 g/mol. The molecule has 0 aromatic heterocycles. The fourth-order valence-corrected chi connectivity index (χ4v) is 4.01. The summed E-state index contributed by atoms with van der Waals surface area (Å²) in [5, 5.41) is 9.81. The second kappa shape index (κ2) is 9.13. The Hall–Kier alpha value is -3.13. The molecule has 4 nitrogen and oxygen atoms in total. The number of halogens is 1. The van der Waals surface area contributed by atoms with Crippen molar-refractivity contribution in [3.05, 3.63) is 94.5 Å². The molecule has 0 N–H and O–H groups in total. The van der Waals surface area contributed by atoms with Crippen LogP contribution < -0.4 is 0 Å². The van der Waals surface area contributed by atoms with Crippen molar-refractivity contribution >= 4 is 17.5 Å². The lowest BCUT2D eigenvalue weighted by Gasteiger charge is -2.35. The maximum Gasteiger partial charge on any atom is 0.255 e. The van der Waals surface area contributed by atoms with Crippen molar-refractivity contribution in [2.45, 2.75) is 6.54 Å². The van der Waals surface area contributed by atoms with Gasteiger partial charge in [-0.05, 0) is 34.9 Å². The van der Waals surface area contributed by atoms with Gasteiger partial charge >= 0.3 is 0 Å². The average molecular weight is 416 g/mol. The predicted molar refractivity (Wildman–Crippen MR) is 119 cm³/mol. The van der Waals surface area contributed by atoms with Gasteiger partial charge in [0.05, 0.1) is 22.2 Å². The summed E-state index contributed by atoms with van der Waals surface area (Å²) in [5.41, 5.74) is 4.48. The highest BCUT2D eigenvalue weighted by molar-refractivity contribution is 6.33. The molecule has 0 aliphatic carbocycles. The molecule has 1 aliphatic rings. The number of nitrogens with zero attached hydrogens (tertiary/aromatic N) is 3. The molecule has 4 rings (SSSR count). The van der Waals surface area contributed by atoms with Gasteiger partial charge < -0.3 is 4.90 Å². The Bertz CT molecular complexity index is 1080. The number of benzene rings is 3. The Morgan fingerprint density at radius 3 is 2.27 bits per heavy atom. The quantitative estimate of drug-likeness (QED) is 0.612. The molecule has 1 aliphatic heterocycles. The zero-order valence-corrected chi connectivity index (χ0v) is 17.3. The Morgan fingerprint density at radius 1 is 0.900 bits per heavy atom. The SMILES string of the molecule is N#Cc1ccccc1-c1ccc(CN2CCN(C(=O)c3ccccc3Cl)CC2)cc1. The molecule has 5 heteroatoms. The molecule has 0 unspecified atom stereocenters. The fraction of sp³-hybridized carbons (Fsp3) is 0.200. The fourth-order valence-electron chi connectivity index (χ4n) is 3.79. The van der Waals surface area contributed by atoms with Crippen molar-refractivity contribution in [2.24, 2.45) is 0 Å². The number of rotatable bonds is 4. The van der Waals surface area contributed by atoms with Crippen LogP contribution in [0.15, 0.2) is 72.8 Å². The first-order valence-electron chi connectivity index (χ1n) is 10.0. The van der Waals surface area contributed by atoms with Crippen LogP contribution >= 0.6 is 11.6 Å². The van der Waals surface area contributed by atoms with Crippen LogP contribution in [-0.4, -0.2) is 41.9 Å². The minimum atomic E-state index is 0.000705. The van der Waals surface area contributed by atoms with Crippen LogP contribution in [0.4, 0.5) is 0 Å². The third-order valence-electron chi connectivity index (χ3n) is 5.48. The van der Waals surface area contributed by atoms with E-state index in [1.54, 1.807) is 12.1 Å². The highest BCUT2D eigenvalue weighted by Gasteiger charge is 2.23. The van der Waals surface area contributed by atoms with Gasteiger partial charge in [0.25, 0.3) is 5.91 Å². The Balaban J connectivity index is 1.36. The number of carbonyl (C=O) groups is 1. The van der Waals surface area contributed by atoms with Gasteiger partial charge in [0, 0.05) is 32.7 Å². The first-order valence-corrected chi connectivity index (χ1v) is 10.4. The molecule has 0 radical (unpaired) electrons. The van der Waals surface area contributed by atoms with E-state index < -0.39 is 0 Å². The molecule has 1 heterocycles. The largest absolute Gasteiger partial charge is 0.336 e. The van der Waals surface area contributed by atoms with Crippen LogP contribution in [0.2, 0.25) is 5.02 Å². The molecule has 0 atom stereocenters. The van der Waals surface area contributed by atoms with Gasteiger partial charge in [0.2, 0.25) is 0 Å². The van der Waals surface area contributed by atoms with Crippen molar-refractivity contribution in [1.29, 1.82) is 5.26 Å². The van der Waals surface area contributed by atoms with Gasteiger partial charge in [0.15, 0.2) is 0 Å². The van der Waals surface area contributed by atoms with E-state index in [4.69, 9.17) is 11.6 Å². The summed E-state index contributed by atoms with van der Waals surface area (Å²) in [4.78, 5) is 16.9. The standard InChI is InChI=1S/C25H22ClN3O/c26-24-8-4-3-7-23(24)25(30)29-15-13-28(14-16-29)18-19-9-11-20(12-10-19)22-6-2-1-5-21(22)17-27/h1-12H,13-16,18H2. The lowest BCUT2D eigenvalue weighted by atomic mass is 9.99. The number of piperazine rings is 1.